The largest absolute Gasteiger partial charge is 0.375 e. The third kappa shape index (κ3) is 3.44. The molecule has 0 saturated heterocycles. The molecule has 0 radical (unpaired) electrons. The van der Waals surface area contributed by atoms with Gasteiger partial charge in [-0.15, -0.1) is 0 Å². The van der Waals surface area contributed by atoms with Crippen molar-refractivity contribution in [3.05, 3.63) is 60.2 Å². The van der Waals surface area contributed by atoms with E-state index in [1.54, 1.807) is 6.20 Å². The lowest BCUT2D eigenvalue weighted by molar-refractivity contribution is 0.891. The van der Waals surface area contributed by atoms with Gasteiger partial charge in [0.15, 0.2) is 0 Å². The van der Waals surface area contributed by atoms with Gasteiger partial charge in [0.2, 0.25) is 0 Å². The Hall–Kier alpha value is -2.27. The number of thiocarbonyl (C=S) groups is 1. The van der Waals surface area contributed by atoms with Crippen LogP contribution in [0.4, 0.5) is 0 Å². The van der Waals surface area contributed by atoms with Crippen LogP contribution in [0.3, 0.4) is 0 Å². The Morgan fingerprint density at radius 2 is 2.05 bits per heavy atom. The molecular weight excluding hydrogens is 280 g/mol. The quantitative estimate of drug-likeness (QED) is 0.711. The lowest BCUT2D eigenvalue weighted by Gasteiger charge is -2.07. The highest BCUT2D eigenvalue weighted by atomic mass is 32.1. The van der Waals surface area contributed by atoms with Gasteiger partial charge in [-0.05, 0) is 41.8 Å². The molecule has 3 aromatic heterocycles. The summed E-state index contributed by atoms with van der Waals surface area (Å²) in [6.07, 6.45) is 9.17. The maximum atomic E-state index is 5.40. The predicted molar refractivity (Wildman–Crippen MR) is 88.1 cm³/mol. The zero-order valence-corrected chi connectivity index (χ0v) is 12.4. The van der Waals surface area contributed by atoms with Gasteiger partial charge in [-0.2, -0.15) is 0 Å². The Balaban J connectivity index is 1.54. The van der Waals surface area contributed by atoms with Gasteiger partial charge in [-0.1, -0.05) is 12.2 Å². The van der Waals surface area contributed by atoms with E-state index in [1.807, 2.05) is 36.8 Å². The fourth-order valence-corrected chi connectivity index (χ4v) is 2.42. The van der Waals surface area contributed by atoms with E-state index < -0.39 is 0 Å². The minimum absolute atomic E-state index is 0.723. The summed E-state index contributed by atoms with van der Waals surface area (Å²) in [4.78, 5) is 12.3. The van der Waals surface area contributed by atoms with Gasteiger partial charge < -0.3 is 10.3 Å². The molecule has 0 aliphatic carbocycles. The highest BCUT2D eigenvalue weighted by Crippen LogP contribution is 2.15. The average molecular weight is 296 g/mol. The van der Waals surface area contributed by atoms with E-state index in [0.717, 1.165) is 35.4 Å². The van der Waals surface area contributed by atoms with Crippen molar-refractivity contribution in [2.45, 2.75) is 19.4 Å². The number of hydrogen-bond donors (Lipinski definition) is 2. The van der Waals surface area contributed by atoms with E-state index in [9.17, 15) is 0 Å². The summed E-state index contributed by atoms with van der Waals surface area (Å²) >= 11 is 5.40. The van der Waals surface area contributed by atoms with Crippen molar-refractivity contribution in [1.82, 2.24) is 20.3 Å². The van der Waals surface area contributed by atoms with Crippen molar-refractivity contribution in [3.8, 4) is 0 Å². The number of H-pyrrole nitrogens is 1. The number of nitrogens with zero attached hydrogens (tertiary/aromatic N) is 2. The Morgan fingerprint density at radius 3 is 2.90 bits per heavy atom. The molecular formula is C16H16N4S. The predicted octanol–water partition coefficient (Wildman–Crippen LogP) is 3.01. The molecule has 2 N–H and O–H groups in total. The molecule has 0 amide bonds. The fourth-order valence-electron chi connectivity index (χ4n) is 2.25. The highest BCUT2D eigenvalue weighted by Gasteiger charge is 2.04. The number of aryl methyl sites for hydroxylation is 1. The van der Waals surface area contributed by atoms with E-state index in [1.165, 1.54) is 11.1 Å². The fraction of sp³-hybridized carbons (Fsp3) is 0.188. The summed E-state index contributed by atoms with van der Waals surface area (Å²) in [5.41, 5.74) is 3.35. The van der Waals surface area contributed by atoms with E-state index in [2.05, 4.69) is 26.3 Å². The Morgan fingerprint density at radius 1 is 1.19 bits per heavy atom. The molecule has 0 unspecified atom stereocenters. The van der Waals surface area contributed by atoms with Crippen LogP contribution < -0.4 is 5.32 Å². The summed E-state index contributed by atoms with van der Waals surface area (Å²) in [6, 6.07) is 8.05. The third-order valence-corrected chi connectivity index (χ3v) is 3.75. The van der Waals surface area contributed by atoms with Crippen molar-refractivity contribution in [3.63, 3.8) is 0 Å². The van der Waals surface area contributed by atoms with Crippen LogP contribution in [0.25, 0.3) is 11.0 Å². The molecule has 4 nitrogen and oxygen atoms in total. The van der Waals surface area contributed by atoms with Crippen LogP contribution in [0.1, 0.15) is 17.5 Å². The Kier molecular flexibility index (Phi) is 4.21. The average Bonchev–Trinajstić information content (AvgIpc) is 2.95. The Bertz CT molecular complexity index is 736. The molecule has 0 saturated carbocycles. The number of hydrogen-bond acceptors (Lipinski definition) is 3. The maximum absolute atomic E-state index is 5.40. The summed E-state index contributed by atoms with van der Waals surface area (Å²) < 4.78 is 0. The first-order valence-corrected chi connectivity index (χ1v) is 7.30. The van der Waals surface area contributed by atoms with Crippen molar-refractivity contribution in [2.24, 2.45) is 0 Å². The van der Waals surface area contributed by atoms with Gasteiger partial charge in [-0.25, -0.2) is 4.98 Å². The maximum Gasteiger partial charge on any atom is 0.137 e. The van der Waals surface area contributed by atoms with Gasteiger partial charge in [0, 0.05) is 43.1 Å². The molecule has 106 valence electrons. The van der Waals surface area contributed by atoms with E-state index >= 15 is 0 Å². The Labute approximate surface area is 128 Å². The standard InChI is InChI=1S/C16H16N4S/c21-15(4-3-12-5-8-17-9-6-12)19-10-13-11-20-16-14(13)2-1-7-18-16/h1-2,5-9,11H,3-4,10H2,(H,18,20)(H,19,21). The zero-order chi connectivity index (χ0) is 14.5. The monoisotopic (exact) mass is 296 g/mol. The molecule has 0 aliphatic heterocycles. The number of nitrogens with one attached hydrogen (secondary N) is 2. The van der Waals surface area contributed by atoms with E-state index in [4.69, 9.17) is 12.2 Å². The van der Waals surface area contributed by atoms with Crippen LogP contribution >= 0.6 is 12.2 Å². The number of pyridine rings is 2. The van der Waals surface area contributed by atoms with E-state index in [-0.39, 0.29) is 0 Å². The number of fused-ring (bicyclic) bond motifs is 1. The van der Waals surface area contributed by atoms with Crippen LogP contribution in [0, 0.1) is 0 Å². The first-order chi connectivity index (χ1) is 10.3. The van der Waals surface area contributed by atoms with Gasteiger partial charge in [0.05, 0.1) is 4.99 Å². The van der Waals surface area contributed by atoms with Crippen molar-refractivity contribution in [1.29, 1.82) is 0 Å². The van der Waals surface area contributed by atoms with Gasteiger partial charge in [-0.3, -0.25) is 4.98 Å². The molecule has 21 heavy (non-hydrogen) atoms. The molecule has 0 spiro atoms. The molecule has 5 heteroatoms. The van der Waals surface area contributed by atoms with Crippen LogP contribution in [0.2, 0.25) is 0 Å². The summed E-state index contributed by atoms with van der Waals surface area (Å²) in [6.45, 7) is 0.723. The molecule has 3 aromatic rings. The second kappa shape index (κ2) is 6.45. The van der Waals surface area contributed by atoms with Gasteiger partial charge >= 0.3 is 0 Å². The van der Waals surface area contributed by atoms with Crippen LogP contribution in [0.15, 0.2) is 49.1 Å². The van der Waals surface area contributed by atoms with Crippen molar-refractivity contribution >= 4 is 28.2 Å². The first kappa shape index (κ1) is 13.7. The van der Waals surface area contributed by atoms with Crippen molar-refractivity contribution in [2.75, 3.05) is 0 Å². The zero-order valence-electron chi connectivity index (χ0n) is 11.5. The first-order valence-electron chi connectivity index (χ1n) is 6.89. The number of aromatic amines is 1. The van der Waals surface area contributed by atoms with Gasteiger partial charge in [0.25, 0.3) is 0 Å². The van der Waals surface area contributed by atoms with E-state index in [0.29, 0.717) is 0 Å². The second-order valence-electron chi connectivity index (χ2n) is 4.85. The smallest absolute Gasteiger partial charge is 0.137 e. The van der Waals surface area contributed by atoms with Gasteiger partial charge in [0.1, 0.15) is 5.65 Å². The summed E-state index contributed by atoms with van der Waals surface area (Å²) in [7, 11) is 0. The van der Waals surface area contributed by atoms with Crippen LogP contribution in [-0.2, 0) is 13.0 Å². The molecule has 0 atom stereocenters. The lowest BCUT2D eigenvalue weighted by Crippen LogP contribution is -2.21. The van der Waals surface area contributed by atoms with Crippen molar-refractivity contribution < 1.29 is 0 Å². The summed E-state index contributed by atoms with van der Waals surface area (Å²) in [5, 5.41) is 4.46. The minimum Gasteiger partial charge on any atom is -0.375 e. The normalized spacial score (nSPS) is 10.7. The molecule has 3 heterocycles. The second-order valence-corrected chi connectivity index (χ2v) is 5.34. The molecule has 0 bridgehead atoms. The summed E-state index contributed by atoms with van der Waals surface area (Å²) in [5.74, 6) is 0. The molecule has 3 rings (SSSR count). The molecule has 0 fully saturated rings. The van der Waals surface area contributed by atoms with Crippen LogP contribution in [0.5, 0.6) is 0 Å². The number of aromatic nitrogens is 3. The third-order valence-electron chi connectivity index (χ3n) is 3.40. The minimum atomic E-state index is 0.723. The highest BCUT2D eigenvalue weighted by molar-refractivity contribution is 7.80. The number of rotatable bonds is 5. The molecule has 0 aliphatic rings. The SMILES string of the molecule is S=C(CCc1ccncc1)NCc1c[nH]c2ncccc12. The lowest BCUT2D eigenvalue weighted by atomic mass is 10.1. The molecule has 0 aromatic carbocycles. The van der Waals surface area contributed by atoms with Crippen LogP contribution in [-0.4, -0.2) is 19.9 Å². The topological polar surface area (TPSA) is 53.6 Å².